The molecular weight excluding hydrogens is 386 g/mol. The second-order valence-electron chi connectivity index (χ2n) is 10.2. The Morgan fingerprint density at radius 3 is 1.81 bits per heavy atom. The minimum Gasteiger partial charge on any atom is -0.371 e. The lowest BCUT2D eigenvalue weighted by Gasteiger charge is -2.27. The van der Waals surface area contributed by atoms with Crippen LogP contribution in [0.2, 0.25) is 0 Å². The molecule has 0 radical (unpaired) electrons. The molecule has 1 saturated carbocycles. The largest absolute Gasteiger partial charge is 0.371 e. The minimum absolute atomic E-state index is 0.631. The fourth-order valence-corrected chi connectivity index (χ4v) is 5.04. The topological polar surface area (TPSA) is 3.24 Å². The zero-order valence-electron chi connectivity index (χ0n) is 21.9. The van der Waals surface area contributed by atoms with Crippen molar-refractivity contribution in [2.24, 2.45) is 5.92 Å². The first-order valence-electron chi connectivity index (χ1n) is 14.0. The number of rotatable bonds is 15. The predicted octanol–water partition coefficient (Wildman–Crippen LogP) is 9.37. The van der Waals surface area contributed by atoms with Crippen LogP contribution in [0.3, 0.4) is 0 Å². The number of unbranched alkanes of at least 4 members (excludes halogenated alkanes) is 10. The summed E-state index contributed by atoms with van der Waals surface area (Å²) in [5.74, 6) is 7.74. The predicted molar refractivity (Wildman–Crippen MR) is 144 cm³/mol. The van der Waals surface area contributed by atoms with E-state index in [1.54, 1.807) is 0 Å². The highest BCUT2D eigenvalue weighted by atomic mass is 15.1. The van der Waals surface area contributed by atoms with E-state index in [9.17, 15) is 0 Å². The first-order valence-corrected chi connectivity index (χ1v) is 14.0. The van der Waals surface area contributed by atoms with Crippen LogP contribution < -0.4 is 4.90 Å². The van der Waals surface area contributed by atoms with Gasteiger partial charge in [0.25, 0.3) is 0 Å². The molecule has 1 aliphatic rings. The Hall–Kier alpha value is -1.42. The van der Waals surface area contributed by atoms with Gasteiger partial charge in [0.05, 0.1) is 0 Å². The van der Waals surface area contributed by atoms with E-state index in [0.717, 1.165) is 0 Å². The van der Waals surface area contributed by atoms with Gasteiger partial charge in [-0.1, -0.05) is 103 Å². The number of anilines is 1. The average Bonchev–Trinajstić information content (AvgIpc) is 3.31. The van der Waals surface area contributed by atoms with Gasteiger partial charge in [-0.25, -0.2) is 0 Å². The van der Waals surface area contributed by atoms with Crippen molar-refractivity contribution in [1.82, 2.24) is 0 Å². The van der Waals surface area contributed by atoms with Crippen LogP contribution in [0.1, 0.15) is 133 Å². The summed E-state index contributed by atoms with van der Waals surface area (Å²) in [7, 11) is 0. The van der Waals surface area contributed by atoms with Crippen molar-refractivity contribution in [3.63, 3.8) is 0 Å². The van der Waals surface area contributed by atoms with E-state index in [1.807, 2.05) is 0 Å². The molecule has 0 bridgehead atoms. The van der Waals surface area contributed by atoms with E-state index < -0.39 is 0 Å². The number of nitrogens with zero attached hydrogens (tertiary/aromatic N) is 1. The molecule has 1 heteroatoms. The van der Waals surface area contributed by atoms with Gasteiger partial charge in [-0.05, 0) is 62.8 Å². The first kappa shape index (κ1) is 26.8. The Balaban J connectivity index is 2.00. The molecule has 180 valence electrons. The highest BCUT2D eigenvalue weighted by Crippen LogP contribution is 2.27. The molecule has 0 aliphatic heterocycles. The molecule has 0 heterocycles. The lowest BCUT2D eigenvalue weighted by atomic mass is 10.0. The number of aryl methyl sites for hydroxylation is 2. The molecule has 0 N–H and O–H groups in total. The summed E-state index contributed by atoms with van der Waals surface area (Å²) in [4.78, 5) is 2.69. The molecule has 0 aromatic heterocycles. The SMILES string of the molecule is CCCCCCCCN(CCCCCCCC)c1cc(C)c(C#CC2CCCC2)cc1C. The number of hydrogen-bond donors (Lipinski definition) is 0. The van der Waals surface area contributed by atoms with Crippen molar-refractivity contribution in [3.8, 4) is 11.8 Å². The van der Waals surface area contributed by atoms with E-state index in [0.29, 0.717) is 5.92 Å². The van der Waals surface area contributed by atoms with E-state index in [-0.39, 0.29) is 0 Å². The maximum Gasteiger partial charge on any atom is 0.0399 e. The quantitative estimate of drug-likeness (QED) is 0.195. The van der Waals surface area contributed by atoms with Gasteiger partial charge in [-0.15, -0.1) is 0 Å². The Labute approximate surface area is 200 Å². The van der Waals surface area contributed by atoms with Gasteiger partial charge < -0.3 is 4.90 Å². The van der Waals surface area contributed by atoms with Gasteiger partial charge in [0, 0.05) is 30.3 Å². The van der Waals surface area contributed by atoms with Crippen LogP contribution >= 0.6 is 0 Å². The Morgan fingerprint density at radius 1 is 0.719 bits per heavy atom. The molecule has 0 saturated heterocycles. The van der Waals surface area contributed by atoms with Crippen molar-refractivity contribution in [3.05, 3.63) is 28.8 Å². The van der Waals surface area contributed by atoms with E-state index >= 15 is 0 Å². The van der Waals surface area contributed by atoms with E-state index in [4.69, 9.17) is 0 Å². The summed E-state index contributed by atoms with van der Waals surface area (Å²) in [6.45, 7) is 11.6. The molecule has 1 nitrogen and oxygen atoms in total. The van der Waals surface area contributed by atoms with Crippen LogP contribution in [0, 0.1) is 31.6 Å². The molecule has 1 aliphatic carbocycles. The molecule has 0 amide bonds. The van der Waals surface area contributed by atoms with Crippen LogP contribution in [0.4, 0.5) is 5.69 Å². The summed E-state index contributed by atoms with van der Waals surface area (Å²) in [5.41, 5.74) is 5.46. The summed E-state index contributed by atoms with van der Waals surface area (Å²) in [5, 5.41) is 0. The smallest absolute Gasteiger partial charge is 0.0399 e. The molecule has 1 aromatic carbocycles. The van der Waals surface area contributed by atoms with E-state index in [2.05, 4.69) is 56.6 Å². The maximum absolute atomic E-state index is 3.57. The van der Waals surface area contributed by atoms with Crippen molar-refractivity contribution in [2.75, 3.05) is 18.0 Å². The lowest BCUT2D eigenvalue weighted by Crippen LogP contribution is -2.26. The van der Waals surface area contributed by atoms with Gasteiger partial charge in [-0.3, -0.25) is 0 Å². The monoisotopic (exact) mass is 437 g/mol. The fourth-order valence-electron chi connectivity index (χ4n) is 5.04. The minimum atomic E-state index is 0.631. The van der Waals surface area contributed by atoms with Crippen LogP contribution in [-0.4, -0.2) is 13.1 Å². The van der Waals surface area contributed by atoms with Crippen LogP contribution in [0.5, 0.6) is 0 Å². The summed E-state index contributed by atoms with van der Waals surface area (Å²) >= 11 is 0. The summed E-state index contributed by atoms with van der Waals surface area (Å²) in [6, 6.07) is 4.80. The molecule has 32 heavy (non-hydrogen) atoms. The fraction of sp³-hybridized carbons (Fsp3) is 0.742. The van der Waals surface area contributed by atoms with Gasteiger partial charge in [-0.2, -0.15) is 0 Å². The van der Waals surface area contributed by atoms with Gasteiger partial charge in [0.2, 0.25) is 0 Å². The molecule has 0 spiro atoms. The van der Waals surface area contributed by atoms with Gasteiger partial charge >= 0.3 is 0 Å². The van der Waals surface area contributed by atoms with E-state index in [1.165, 1.54) is 138 Å². The molecule has 2 rings (SSSR count). The molecule has 1 fully saturated rings. The third-order valence-corrected chi connectivity index (χ3v) is 7.21. The van der Waals surface area contributed by atoms with Crippen molar-refractivity contribution in [1.29, 1.82) is 0 Å². The third kappa shape index (κ3) is 10.0. The average molecular weight is 438 g/mol. The first-order chi connectivity index (χ1) is 15.7. The number of hydrogen-bond acceptors (Lipinski definition) is 1. The highest BCUT2D eigenvalue weighted by Gasteiger charge is 2.13. The van der Waals surface area contributed by atoms with Gasteiger partial charge in [0.1, 0.15) is 0 Å². The molecule has 0 unspecified atom stereocenters. The van der Waals surface area contributed by atoms with Crippen molar-refractivity contribution in [2.45, 2.75) is 130 Å². The zero-order valence-corrected chi connectivity index (χ0v) is 21.9. The second-order valence-corrected chi connectivity index (χ2v) is 10.2. The van der Waals surface area contributed by atoms with Crippen LogP contribution in [-0.2, 0) is 0 Å². The molecule has 0 atom stereocenters. The third-order valence-electron chi connectivity index (χ3n) is 7.21. The Bertz CT molecular complexity index is 670. The normalized spacial score (nSPS) is 13.9. The number of benzene rings is 1. The molecule has 1 aromatic rings. The summed E-state index contributed by atoms with van der Waals surface area (Å²) in [6.07, 6.45) is 21.8. The Kier molecular flexibility index (Phi) is 13.6. The van der Waals surface area contributed by atoms with Crippen molar-refractivity contribution >= 4 is 5.69 Å². The second kappa shape index (κ2) is 16.2. The Morgan fingerprint density at radius 2 is 1.25 bits per heavy atom. The summed E-state index contributed by atoms with van der Waals surface area (Å²) < 4.78 is 0. The van der Waals surface area contributed by atoms with Gasteiger partial charge in [0.15, 0.2) is 0 Å². The zero-order chi connectivity index (χ0) is 23.0. The van der Waals surface area contributed by atoms with Crippen LogP contribution in [0.25, 0.3) is 0 Å². The van der Waals surface area contributed by atoms with Crippen molar-refractivity contribution < 1.29 is 0 Å². The standard InChI is InChI=1S/C31H51N/c1-5-7-9-11-13-17-23-32(24-18-14-12-10-8-6-2)31-26-27(3)30(25-28(31)4)22-21-29-19-15-16-20-29/h25-26,29H,5-20,23-24H2,1-4H3. The highest BCUT2D eigenvalue weighted by molar-refractivity contribution is 5.60. The lowest BCUT2D eigenvalue weighted by molar-refractivity contribution is 0.574. The maximum atomic E-state index is 3.57. The van der Waals surface area contributed by atoms with Crippen LogP contribution in [0.15, 0.2) is 12.1 Å². The molecular formula is C31H51N.